The summed E-state index contributed by atoms with van der Waals surface area (Å²) in [6, 6.07) is 12.6. The number of carbonyl (C=O) groups is 2. The second-order valence-electron chi connectivity index (χ2n) is 8.82. The number of imidazole rings is 1. The number of likely N-dealkylation sites (tertiary alicyclic amines) is 1. The Morgan fingerprint density at radius 3 is 2.74 bits per heavy atom. The third kappa shape index (κ3) is 5.07. The molecule has 10 nitrogen and oxygen atoms in total. The molecule has 5 rings (SSSR count). The first-order valence-corrected chi connectivity index (χ1v) is 11.6. The smallest absolute Gasteiger partial charge is 0.329 e. The summed E-state index contributed by atoms with van der Waals surface area (Å²) >= 11 is 0. The van der Waals surface area contributed by atoms with Crippen LogP contribution in [0.5, 0.6) is 11.5 Å². The molecule has 0 atom stereocenters. The van der Waals surface area contributed by atoms with E-state index in [1.54, 1.807) is 29.3 Å². The molecule has 1 fully saturated rings. The number of anilines is 1. The first kappa shape index (κ1) is 22.7. The van der Waals surface area contributed by atoms with E-state index < -0.39 is 6.03 Å². The number of piperidine rings is 1. The number of nitrogens with one attached hydrogen (secondary N) is 1. The van der Waals surface area contributed by atoms with E-state index >= 15 is 0 Å². The fraction of sp³-hybridized carbons (Fsp3) is 0.320. The molecular formula is C25H28N6O4. The van der Waals surface area contributed by atoms with Crippen LogP contribution in [0.1, 0.15) is 18.4 Å². The van der Waals surface area contributed by atoms with Crippen molar-refractivity contribution in [2.45, 2.75) is 25.4 Å². The molecule has 2 aliphatic rings. The molecule has 0 saturated carbocycles. The Labute approximate surface area is 203 Å². The Hall–Kier alpha value is -4.05. The number of hydrogen-bond donors (Lipinski definition) is 2. The summed E-state index contributed by atoms with van der Waals surface area (Å²) in [5.41, 5.74) is 8.38. The molecule has 182 valence electrons. The molecular weight excluding hydrogens is 448 g/mol. The number of hydrogen-bond acceptors (Lipinski definition) is 6. The maximum Gasteiger partial charge on any atom is 0.329 e. The Kier molecular flexibility index (Phi) is 6.28. The van der Waals surface area contributed by atoms with Gasteiger partial charge in [0.15, 0.2) is 11.5 Å². The number of ether oxygens (including phenoxy) is 2. The molecule has 35 heavy (non-hydrogen) atoms. The topological polar surface area (TPSA) is 115 Å². The lowest BCUT2D eigenvalue weighted by atomic mass is 10.0. The Balaban J connectivity index is 1.17. The van der Waals surface area contributed by atoms with Crippen molar-refractivity contribution in [3.05, 3.63) is 60.6 Å². The lowest BCUT2D eigenvalue weighted by Gasteiger charge is -2.36. The van der Waals surface area contributed by atoms with Crippen molar-refractivity contribution in [2.75, 3.05) is 32.2 Å². The van der Waals surface area contributed by atoms with Crippen molar-refractivity contribution in [2.24, 2.45) is 5.73 Å². The molecule has 0 radical (unpaired) electrons. The minimum absolute atomic E-state index is 0.121. The highest BCUT2D eigenvalue weighted by Crippen LogP contribution is 2.33. The van der Waals surface area contributed by atoms with Crippen molar-refractivity contribution in [3.8, 4) is 22.8 Å². The van der Waals surface area contributed by atoms with Gasteiger partial charge in [-0.25, -0.2) is 14.6 Å². The van der Waals surface area contributed by atoms with Gasteiger partial charge in [-0.3, -0.25) is 9.47 Å². The Morgan fingerprint density at radius 1 is 1.14 bits per heavy atom. The van der Waals surface area contributed by atoms with Gasteiger partial charge in [-0.15, -0.1) is 0 Å². The monoisotopic (exact) mass is 476 g/mol. The van der Waals surface area contributed by atoms with Gasteiger partial charge in [0.25, 0.3) is 0 Å². The quantitative estimate of drug-likeness (QED) is 0.584. The molecule has 0 spiro atoms. The molecule has 1 aromatic heterocycles. The van der Waals surface area contributed by atoms with E-state index in [9.17, 15) is 9.59 Å². The lowest BCUT2D eigenvalue weighted by Crippen LogP contribution is -2.46. The molecule has 3 heterocycles. The third-order valence-corrected chi connectivity index (χ3v) is 6.48. The van der Waals surface area contributed by atoms with Gasteiger partial charge in [-0.05, 0) is 42.7 Å². The van der Waals surface area contributed by atoms with Crippen molar-refractivity contribution in [1.29, 1.82) is 0 Å². The number of rotatable bonds is 5. The van der Waals surface area contributed by atoms with Crippen LogP contribution in [0.2, 0.25) is 0 Å². The molecule has 10 heteroatoms. The molecule has 0 aliphatic carbocycles. The first-order valence-electron chi connectivity index (χ1n) is 11.6. The van der Waals surface area contributed by atoms with Gasteiger partial charge in [0.2, 0.25) is 6.79 Å². The third-order valence-electron chi connectivity index (χ3n) is 6.48. The SMILES string of the molecule is CN(C(=O)n1cnc(-c2cccc(NC(N)=O)c2)c1)C1CCN(Cc2ccc3c(c2)OCO3)CC1. The van der Waals surface area contributed by atoms with Crippen molar-refractivity contribution < 1.29 is 19.1 Å². The predicted octanol–water partition coefficient (Wildman–Crippen LogP) is 3.33. The maximum absolute atomic E-state index is 13.1. The van der Waals surface area contributed by atoms with E-state index in [4.69, 9.17) is 15.2 Å². The molecule has 2 aliphatic heterocycles. The van der Waals surface area contributed by atoms with E-state index in [2.05, 4.69) is 21.3 Å². The van der Waals surface area contributed by atoms with Crippen LogP contribution in [0.3, 0.4) is 0 Å². The van der Waals surface area contributed by atoms with Crippen LogP contribution < -0.4 is 20.5 Å². The van der Waals surface area contributed by atoms with Crippen LogP contribution in [-0.4, -0.2) is 64.4 Å². The van der Waals surface area contributed by atoms with E-state index in [1.165, 1.54) is 16.5 Å². The number of fused-ring (bicyclic) bond motifs is 1. The highest BCUT2D eigenvalue weighted by Gasteiger charge is 2.27. The zero-order valence-corrected chi connectivity index (χ0v) is 19.5. The minimum Gasteiger partial charge on any atom is -0.454 e. The summed E-state index contributed by atoms with van der Waals surface area (Å²) in [5.74, 6) is 1.60. The minimum atomic E-state index is -0.633. The fourth-order valence-corrected chi connectivity index (χ4v) is 4.58. The Morgan fingerprint density at radius 2 is 1.94 bits per heavy atom. The fourth-order valence-electron chi connectivity index (χ4n) is 4.58. The van der Waals surface area contributed by atoms with Crippen LogP contribution in [0.25, 0.3) is 11.3 Å². The zero-order chi connectivity index (χ0) is 24.4. The van der Waals surface area contributed by atoms with Crippen molar-refractivity contribution >= 4 is 17.7 Å². The van der Waals surface area contributed by atoms with Crippen molar-refractivity contribution in [1.82, 2.24) is 19.4 Å². The predicted molar refractivity (Wildman–Crippen MR) is 130 cm³/mol. The number of carbonyl (C=O) groups excluding carboxylic acids is 2. The van der Waals surface area contributed by atoms with Gasteiger partial charge in [-0.2, -0.15) is 0 Å². The molecule has 0 unspecified atom stereocenters. The highest BCUT2D eigenvalue weighted by molar-refractivity contribution is 5.88. The second kappa shape index (κ2) is 9.67. The van der Waals surface area contributed by atoms with Crippen LogP contribution in [0.15, 0.2) is 55.0 Å². The zero-order valence-electron chi connectivity index (χ0n) is 19.5. The summed E-state index contributed by atoms with van der Waals surface area (Å²) in [6.45, 7) is 2.94. The summed E-state index contributed by atoms with van der Waals surface area (Å²) in [4.78, 5) is 32.8. The van der Waals surface area contributed by atoms with Gasteiger partial charge in [-0.1, -0.05) is 18.2 Å². The van der Waals surface area contributed by atoms with Gasteiger partial charge < -0.3 is 25.4 Å². The number of benzene rings is 2. The van der Waals surface area contributed by atoms with Crippen molar-refractivity contribution in [3.63, 3.8) is 0 Å². The maximum atomic E-state index is 13.1. The van der Waals surface area contributed by atoms with Crippen LogP contribution in [0.4, 0.5) is 15.3 Å². The highest BCUT2D eigenvalue weighted by atomic mass is 16.7. The molecule has 3 N–H and O–H groups in total. The van der Waals surface area contributed by atoms with E-state index in [-0.39, 0.29) is 18.9 Å². The van der Waals surface area contributed by atoms with Crippen LogP contribution in [0, 0.1) is 0 Å². The van der Waals surface area contributed by atoms with Crippen LogP contribution >= 0.6 is 0 Å². The average molecular weight is 477 g/mol. The molecule has 0 bridgehead atoms. The summed E-state index contributed by atoms with van der Waals surface area (Å²) in [6.07, 6.45) is 5.03. The number of amides is 3. The number of aromatic nitrogens is 2. The first-order chi connectivity index (χ1) is 17.0. The average Bonchev–Trinajstić information content (AvgIpc) is 3.53. The normalized spacial score (nSPS) is 15.7. The molecule has 2 aromatic carbocycles. The molecule has 3 amide bonds. The second-order valence-corrected chi connectivity index (χ2v) is 8.82. The summed E-state index contributed by atoms with van der Waals surface area (Å²) in [5, 5.41) is 2.55. The number of nitrogens with two attached hydrogens (primary N) is 1. The standard InChI is InChI=1S/C25H28N6O4/c1-29(20-7-9-30(10-8-20)13-17-5-6-22-23(11-17)35-16-34-22)25(33)31-14-21(27-15-31)18-3-2-4-19(12-18)28-24(26)32/h2-6,11-12,14-15,20H,7-10,13,16H2,1H3,(H3,26,28,32). The van der Waals surface area contributed by atoms with Gasteiger partial charge in [0, 0.05) is 50.2 Å². The number of urea groups is 1. The number of primary amides is 1. The van der Waals surface area contributed by atoms with Gasteiger partial charge in [0.1, 0.15) is 6.33 Å². The summed E-state index contributed by atoms with van der Waals surface area (Å²) < 4.78 is 12.4. The van der Waals surface area contributed by atoms with Gasteiger partial charge >= 0.3 is 12.1 Å². The van der Waals surface area contributed by atoms with E-state index in [1.807, 2.05) is 25.2 Å². The van der Waals surface area contributed by atoms with E-state index in [0.717, 1.165) is 49.5 Å². The Bertz CT molecular complexity index is 1230. The van der Waals surface area contributed by atoms with Crippen LogP contribution in [-0.2, 0) is 6.54 Å². The number of nitrogens with zero attached hydrogens (tertiary/aromatic N) is 4. The van der Waals surface area contributed by atoms with E-state index in [0.29, 0.717) is 11.4 Å². The lowest BCUT2D eigenvalue weighted by molar-refractivity contribution is 0.131. The summed E-state index contributed by atoms with van der Waals surface area (Å²) in [7, 11) is 1.84. The van der Waals surface area contributed by atoms with Gasteiger partial charge in [0.05, 0.1) is 5.69 Å². The molecule has 1 saturated heterocycles. The largest absolute Gasteiger partial charge is 0.454 e. The molecule has 3 aromatic rings.